The zero-order chi connectivity index (χ0) is 12.0. The third-order valence-corrected chi connectivity index (χ3v) is 2.84. The first-order valence-corrected chi connectivity index (χ1v) is 4.90. The minimum Gasteiger partial charge on any atom is -0.425 e. The van der Waals surface area contributed by atoms with Crippen LogP contribution in [-0.4, -0.2) is 16.3 Å². The number of fused-ring (bicyclic) bond motifs is 1. The van der Waals surface area contributed by atoms with Crippen molar-refractivity contribution in [3.8, 4) is 5.75 Å². The summed E-state index contributed by atoms with van der Waals surface area (Å²) in [5.41, 5.74) is 0.193. The van der Waals surface area contributed by atoms with Gasteiger partial charge < -0.3 is 9.30 Å². The predicted molar refractivity (Wildman–Crippen MR) is 55.5 cm³/mol. The Kier molecular flexibility index (Phi) is 2.18. The largest absolute Gasteiger partial charge is 0.425 e. The Bertz CT molecular complexity index is 556. The molecular weight excluding hydrogens is 210 g/mol. The molecule has 1 aromatic heterocycles. The van der Waals surface area contributed by atoms with E-state index in [0.29, 0.717) is 5.69 Å². The number of carbonyl (C=O) groups excluding carboxylic acids is 2. The minimum absolute atomic E-state index is 0.0276. The van der Waals surface area contributed by atoms with Gasteiger partial charge in [0.25, 0.3) is 5.56 Å². The molecule has 1 unspecified atom stereocenters. The summed E-state index contributed by atoms with van der Waals surface area (Å²) in [5, 5.41) is 0. The molecule has 1 aliphatic heterocycles. The molecule has 1 atom stereocenters. The molecule has 0 saturated carbocycles. The van der Waals surface area contributed by atoms with E-state index in [9.17, 15) is 14.4 Å². The standard InChI is InChI=1S/C11H11NO4/c1-5-4-7-8(10(14)12(5)3)9(13)6(2)11(15)16-7/h4,6H,1-3H3. The molecule has 5 nitrogen and oxygen atoms in total. The summed E-state index contributed by atoms with van der Waals surface area (Å²) < 4.78 is 6.32. The van der Waals surface area contributed by atoms with E-state index >= 15 is 0 Å². The van der Waals surface area contributed by atoms with Crippen molar-refractivity contribution in [1.82, 2.24) is 4.57 Å². The zero-order valence-corrected chi connectivity index (χ0v) is 9.23. The zero-order valence-electron chi connectivity index (χ0n) is 9.23. The van der Waals surface area contributed by atoms with Gasteiger partial charge in [0.15, 0.2) is 5.78 Å². The van der Waals surface area contributed by atoms with Gasteiger partial charge in [-0.1, -0.05) is 0 Å². The van der Waals surface area contributed by atoms with Crippen molar-refractivity contribution >= 4 is 11.8 Å². The molecule has 16 heavy (non-hydrogen) atoms. The summed E-state index contributed by atoms with van der Waals surface area (Å²) in [4.78, 5) is 35.0. The van der Waals surface area contributed by atoms with Gasteiger partial charge in [0.2, 0.25) is 0 Å². The number of esters is 1. The highest BCUT2D eigenvalue weighted by Crippen LogP contribution is 2.25. The van der Waals surface area contributed by atoms with Crippen LogP contribution in [0.3, 0.4) is 0 Å². The first kappa shape index (κ1) is 10.6. The Hall–Kier alpha value is -1.91. The molecule has 2 heterocycles. The van der Waals surface area contributed by atoms with Crippen molar-refractivity contribution in [3.05, 3.63) is 27.7 Å². The molecule has 0 saturated heterocycles. The third kappa shape index (κ3) is 1.28. The van der Waals surface area contributed by atoms with E-state index in [4.69, 9.17) is 4.74 Å². The summed E-state index contributed by atoms with van der Waals surface area (Å²) in [5.74, 6) is -1.89. The second-order valence-corrected chi connectivity index (χ2v) is 3.90. The third-order valence-electron chi connectivity index (χ3n) is 2.84. The second kappa shape index (κ2) is 3.30. The lowest BCUT2D eigenvalue weighted by atomic mass is 9.97. The molecule has 1 aliphatic rings. The highest BCUT2D eigenvalue weighted by atomic mass is 16.5. The Morgan fingerprint density at radius 1 is 1.31 bits per heavy atom. The summed E-state index contributed by atoms with van der Waals surface area (Å²) in [6.07, 6.45) is 0. The van der Waals surface area contributed by atoms with Gasteiger partial charge in [-0.05, 0) is 13.8 Å². The van der Waals surface area contributed by atoms with Crippen LogP contribution in [0.4, 0.5) is 0 Å². The number of Topliss-reactive ketones (excluding diaryl/α,β-unsaturated/α-hetero) is 1. The fourth-order valence-electron chi connectivity index (χ4n) is 1.62. The van der Waals surface area contributed by atoms with Gasteiger partial charge in [-0.2, -0.15) is 0 Å². The fraction of sp³-hybridized carbons (Fsp3) is 0.364. The molecule has 0 aromatic carbocycles. The van der Waals surface area contributed by atoms with Crippen molar-refractivity contribution in [2.75, 3.05) is 0 Å². The maximum absolute atomic E-state index is 11.8. The van der Waals surface area contributed by atoms with Crippen LogP contribution in [0.5, 0.6) is 5.75 Å². The monoisotopic (exact) mass is 221 g/mol. The van der Waals surface area contributed by atoms with Gasteiger partial charge in [0.05, 0.1) is 0 Å². The van der Waals surface area contributed by atoms with Gasteiger partial charge in [0, 0.05) is 18.8 Å². The van der Waals surface area contributed by atoms with E-state index in [1.807, 2.05) is 0 Å². The number of hydrogen-bond donors (Lipinski definition) is 0. The average molecular weight is 221 g/mol. The topological polar surface area (TPSA) is 65.4 Å². The number of aromatic nitrogens is 1. The normalized spacial score (nSPS) is 19.3. The van der Waals surface area contributed by atoms with Gasteiger partial charge in [-0.15, -0.1) is 0 Å². The Balaban J connectivity index is 2.77. The van der Waals surface area contributed by atoms with Crippen molar-refractivity contribution in [2.45, 2.75) is 13.8 Å². The highest BCUT2D eigenvalue weighted by Gasteiger charge is 2.35. The van der Waals surface area contributed by atoms with Gasteiger partial charge in [-0.3, -0.25) is 14.4 Å². The number of hydrogen-bond acceptors (Lipinski definition) is 4. The molecule has 0 aliphatic carbocycles. The maximum Gasteiger partial charge on any atom is 0.322 e. The molecule has 1 aromatic rings. The maximum atomic E-state index is 11.8. The predicted octanol–water partition coefficient (Wildman–Crippen LogP) is 0.432. The number of carbonyl (C=O) groups is 2. The van der Waals surface area contributed by atoms with Gasteiger partial charge in [-0.25, -0.2) is 0 Å². The second-order valence-electron chi connectivity index (χ2n) is 3.90. The number of ketones is 1. The summed E-state index contributed by atoms with van der Waals surface area (Å²) in [6.45, 7) is 3.14. The molecule has 84 valence electrons. The molecule has 5 heteroatoms. The molecular formula is C11H11NO4. The van der Waals surface area contributed by atoms with Crippen molar-refractivity contribution in [2.24, 2.45) is 13.0 Å². The van der Waals surface area contributed by atoms with Crippen LogP contribution < -0.4 is 10.3 Å². The summed E-state index contributed by atoms with van der Waals surface area (Å²) in [6, 6.07) is 1.53. The van der Waals surface area contributed by atoms with E-state index in [-0.39, 0.29) is 11.3 Å². The molecule has 0 fully saturated rings. The van der Waals surface area contributed by atoms with E-state index in [0.717, 1.165) is 0 Å². The first-order chi connectivity index (χ1) is 7.43. The number of aryl methyl sites for hydroxylation is 1. The number of rotatable bonds is 0. The average Bonchev–Trinajstić information content (AvgIpc) is 2.23. The molecule has 0 N–H and O–H groups in total. The van der Waals surface area contributed by atoms with Crippen LogP contribution in [-0.2, 0) is 11.8 Å². The highest BCUT2D eigenvalue weighted by molar-refractivity contribution is 6.12. The molecule has 2 rings (SSSR count). The molecule has 0 amide bonds. The lowest BCUT2D eigenvalue weighted by molar-refractivity contribution is -0.137. The fourth-order valence-corrected chi connectivity index (χ4v) is 1.62. The minimum atomic E-state index is -0.900. The van der Waals surface area contributed by atoms with Crippen LogP contribution in [0.1, 0.15) is 23.0 Å². The smallest absolute Gasteiger partial charge is 0.322 e. The number of pyridine rings is 1. The van der Waals surface area contributed by atoms with Crippen molar-refractivity contribution in [3.63, 3.8) is 0 Å². The van der Waals surface area contributed by atoms with Crippen molar-refractivity contribution in [1.29, 1.82) is 0 Å². The van der Waals surface area contributed by atoms with Crippen molar-refractivity contribution < 1.29 is 14.3 Å². The van der Waals surface area contributed by atoms with Crippen LogP contribution >= 0.6 is 0 Å². The Morgan fingerprint density at radius 2 is 1.94 bits per heavy atom. The first-order valence-electron chi connectivity index (χ1n) is 4.90. The van der Waals surface area contributed by atoms with Gasteiger partial charge >= 0.3 is 5.97 Å². The molecule has 0 spiro atoms. The quantitative estimate of drug-likeness (QED) is 0.470. The van der Waals surface area contributed by atoms with Gasteiger partial charge in [0.1, 0.15) is 17.2 Å². The van der Waals surface area contributed by atoms with E-state index in [1.165, 1.54) is 17.6 Å². The van der Waals surface area contributed by atoms with E-state index in [1.54, 1.807) is 14.0 Å². The lowest BCUT2D eigenvalue weighted by Gasteiger charge is -2.20. The summed E-state index contributed by atoms with van der Waals surface area (Å²) in [7, 11) is 1.58. The number of ether oxygens (including phenoxy) is 1. The van der Waals surface area contributed by atoms with Crippen LogP contribution in [0.2, 0.25) is 0 Å². The molecule has 0 radical (unpaired) electrons. The number of nitrogens with zero attached hydrogens (tertiary/aromatic N) is 1. The molecule has 0 bridgehead atoms. The van der Waals surface area contributed by atoms with Crippen LogP contribution in [0.15, 0.2) is 10.9 Å². The van der Waals surface area contributed by atoms with E-state index < -0.39 is 23.2 Å². The Labute approximate surface area is 91.6 Å². The Morgan fingerprint density at radius 3 is 2.56 bits per heavy atom. The van der Waals surface area contributed by atoms with Crippen LogP contribution in [0.25, 0.3) is 0 Å². The SMILES string of the molecule is Cc1cc2c(c(=O)n1C)C(=O)C(C)C(=O)O2. The van der Waals surface area contributed by atoms with Crippen LogP contribution in [0, 0.1) is 12.8 Å². The lowest BCUT2D eigenvalue weighted by Crippen LogP contribution is -2.38. The van der Waals surface area contributed by atoms with E-state index in [2.05, 4.69) is 0 Å². The summed E-state index contributed by atoms with van der Waals surface area (Å²) >= 11 is 0.